The van der Waals surface area contributed by atoms with Gasteiger partial charge in [-0.1, -0.05) is 17.8 Å². The van der Waals surface area contributed by atoms with Crippen LogP contribution in [0.4, 0.5) is 8.78 Å². The first-order valence-electron chi connectivity index (χ1n) is 9.56. The smallest absolute Gasteiger partial charge is 0.387 e. The molecule has 2 aromatic carbocycles. The molecular weight excluding hydrogens is 442 g/mol. The number of carbonyl (C=O) groups excluding carboxylic acids is 1. The van der Waals surface area contributed by atoms with Crippen molar-refractivity contribution in [2.75, 3.05) is 26.5 Å². The Hall–Kier alpha value is -3.34. The Balaban J connectivity index is 1.50. The third-order valence-corrected chi connectivity index (χ3v) is 5.32. The van der Waals surface area contributed by atoms with E-state index in [-0.39, 0.29) is 23.2 Å². The molecule has 0 aliphatic carbocycles. The Labute approximate surface area is 187 Å². The van der Waals surface area contributed by atoms with Gasteiger partial charge in [0.1, 0.15) is 12.1 Å². The molecule has 0 atom stereocenters. The lowest BCUT2D eigenvalue weighted by molar-refractivity contribution is -0.118. The van der Waals surface area contributed by atoms with Crippen LogP contribution in [0.2, 0.25) is 0 Å². The van der Waals surface area contributed by atoms with E-state index in [2.05, 4.69) is 20.3 Å². The number of hydrogen-bond acceptors (Lipinski definition) is 7. The molecule has 3 aromatic rings. The van der Waals surface area contributed by atoms with Gasteiger partial charge in [0.25, 0.3) is 0 Å². The predicted octanol–water partition coefficient (Wildman–Crippen LogP) is 3.34. The number of alkyl halides is 2. The summed E-state index contributed by atoms with van der Waals surface area (Å²) in [6.07, 6.45) is 2.02. The van der Waals surface area contributed by atoms with Crippen molar-refractivity contribution >= 4 is 17.7 Å². The first-order valence-corrected chi connectivity index (χ1v) is 10.5. The van der Waals surface area contributed by atoms with Crippen molar-refractivity contribution in [3.05, 3.63) is 54.4 Å². The van der Waals surface area contributed by atoms with Crippen molar-refractivity contribution in [2.45, 2.75) is 18.2 Å². The molecule has 0 aliphatic rings. The highest BCUT2D eigenvalue weighted by Crippen LogP contribution is 2.29. The Morgan fingerprint density at radius 2 is 1.91 bits per heavy atom. The van der Waals surface area contributed by atoms with Gasteiger partial charge >= 0.3 is 6.61 Å². The molecule has 0 bridgehead atoms. The number of carbonyl (C=O) groups is 1. The van der Waals surface area contributed by atoms with E-state index in [0.717, 1.165) is 17.0 Å². The van der Waals surface area contributed by atoms with Gasteiger partial charge in [-0.05, 0) is 48.4 Å². The van der Waals surface area contributed by atoms with E-state index in [9.17, 15) is 13.6 Å². The van der Waals surface area contributed by atoms with E-state index in [1.54, 1.807) is 30.1 Å². The number of halogens is 2. The first-order chi connectivity index (χ1) is 15.5. The van der Waals surface area contributed by atoms with Crippen LogP contribution in [0.25, 0.3) is 5.69 Å². The summed E-state index contributed by atoms with van der Waals surface area (Å²) < 4.78 is 41.5. The second kappa shape index (κ2) is 11.3. The van der Waals surface area contributed by atoms with Crippen LogP contribution in [0.5, 0.6) is 17.2 Å². The highest BCUT2D eigenvalue weighted by atomic mass is 32.2. The summed E-state index contributed by atoms with van der Waals surface area (Å²) in [5, 5.41) is 11.4. The van der Waals surface area contributed by atoms with Gasteiger partial charge in [-0.25, -0.2) is 0 Å². The van der Waals surface area contributed by atoms with E-state index < -0.39 is 6.61 Å². The normalized spacial score (nSPS) is 10.8. The van der Waals surface area contributed by atoms with E-state index in [0.29, 0.717) is 18.1 Å². The van der Waals surface area contributed by atoms with Crippen molar-refractivity contribution in [3.8, 4) is 22.9 Å². The lowest BCUT2D eigenvalue weighted by atomic mass is 10.1. The van der Waals surface area contributed by atoms with E-state index in [4.69, 9.17) is 9.47 Å². The maximum Gasteiger partial charge on any atom is 0.387 e. The summed E-state index contributed by atoms with van der Waals surface area (Å²) in [5.41, 5.74) is 1.58. The highest BCUT2D eigenvalue weighted by Gasteiger charge is 2.13. The fourth-order valence-electron chi connectivity index (χ4n) is 2.83. The summed E-state index contributed by atoms with van der Waals surface area (Å²) in [5.74, 6) is 0.879. The molecule has 0 saturated heterocycles. The fourth-order valence-corrected chi connectivity index (χ4v) is 3.59. The lowest BCUT2D eigenvalue weighted by Gasteiger charge is -2.12. The average molecular weight is 464 g/mol. The molecule has 170 valence electrons. The maximum absolute atomic E-state index is 12.5. The fraction of sp³-hybridized carbons (Fsp3) is 0.286. The van der Waals surface area contributed by atoms with Crippen molar-refractivity contribution < 1.29 is 27.8 Å². The van der Waals surface area contributed by atoms with Gasteiger partial charge in [-0.15, -0.1) is 10.2 Å². The number of methoxy groups -OCH3 is 2. The van der Waals surface area contributed by atoms with Crippen molar-refractivity contribution in [3.63, 3.8) is 0 Å². The molecule has 0 aliphatic heterocycles. The SMILES string of the molecule is COc1ccc(-n2cnnc2SCC(=O)NCCc2ccc(OC)c(OC(F)F)c2)cc1. The number of nitrogens with zero attached hydrogens (tertiary/aromatic N) is 3. The third-order valence-electron chi connectivity index (χ3n) is 4.38. The molecule has 1 N–H and O–H groups in total. The summed E-state index contributed by atoms with van der Waals surface area (Å²) in [4.78, 5) is 12.2. The van der Waals surface area contributed by atoms with Gasteiger partial charge < -0.3 is 19.5 Å². The summed E-state index contributed by atoms with van der Waals surface area (Å²) in [7, 11) is 2.97. The molecule has 11 heteroatoms. The number of thioether (sulfide) groups is 1. The zero-order valence-electron chi connectivity index (χ0n) is 17.5. The van der Waals surface area contributed by atoms with Crippen LogP contribution >= 0.6 is 11.8 Å². The van der Waals surface area contributed by atoms with Crippen molar-refractivity contribution in [2.24, 2.45) is 0 Å². The molecule has 0 fully saturated rings. The number of amides is 1. The minimum Gasteiger partial charge on any atom is -0.497 e. The molecule has 0 radical (unpaired) electrons. The minimum atomic E-state index is -2.95. The van der Waals surface area contributed by atoms with Crippen molar-refractivity contribution in [1.82, 2.24) is 20.1 Å². The summed E-state index contributed by atoms with van der Waals surface area (Å²) >= 11 is 1.25. The Morgan fingerprint density at radius 3 is 2.59 bits per heavy atom. The van der Waals surface area contributed by atoms with Gasteiger partial charge in [0.2, 0.25) is 5.91 Å². The Morgan fingerprint density at radius 1 is 1.12 bits per heavy atom. The quantitative estimate of drug-likeness (QED) is 0.436. The topological polar surface area (TPSA) is 87.5 Å². The zero-order valence-corrected chi connectivity index (χ0v) is 18.3. The molecule has 8 nitrogen and oxygen atoms in total. The number of aromatic nitrogens is 3. The van der Waals surface area contributed by atoms with Crippen LogP contribution in [0.15, 0.2) is 53.9 Å². The van der Waals surface area contributed by atoms with Crippen LogP contribution in [0, 0.1) is 0 Å². The molecule has 3 rings (SSSR count). The number of benzene rings is 2. The third kappa shape index (κ3) is 6.33. The minimum absolute atomic E-state index is 0.0419. The summed E-state index contributed by atoms with van der Waals surface area (Å²) in [6, 6.07) is 12.1. The molecule has 0 saturated carbocycles. The Bertz CT molecular complexity index is 1030. The number of nitrogens with one attached hydrogen (secondary N) is 1. The number of rotatable bonds is 11. The first kappa shape index (κ1) is 23.3. The maximum atomic E-state index is 12.5. The van der Waals surface area contributed by atoms with Crippen LogP contribution < -0.4 is 19.5 Å². The van der Waals surface area contributed by atoms with Gasteiger partial charge in [-0.2, -0.15) is 8.78 Å². The van der Waals surface area contributed by atoms with Crippen molar-refractivity contribution in [1.29, 1.82) is 0 Å². The molecule has 1 amide bonds. The lowest BCUT2D eigenvalue weighted by Crippen LogP contribution is -2.27. The average Bonchev–Trinajstić information content (AvgIpc) is 3.26. The second-order valence-electron chi connectivity index (χ2n) is 6.43. The van der Waals surface area contributed by atoms with Gasteiger partial charge in [0, 0.05) is 12.2 Å². The molecule has 32 heavy (non-hydrogen) atoms. The van der Waals surface area contributed by atoms with Crippen LogP contribution in [0.3, 0.4) is 0 Å². The van der Waals surface area contributed by atoms with E-state index >= 15 is 0 Å². The van der Waals surface area contributed by atoms with E-state index in [1.165, 1.54) is 24.9 Å². The zero-order chi connectivity index (χ0) is 22.9. The number of hydrogen-bond donors (Lipinski definition) is 1. The molecular formula is C21H22F2N4O4S. The predicted molar refractivity (Wildman–Crippen MR) is 115 cm³/mol. The van der Waals surface area contributed by atoms with Crippen LogP contribution in [0.1, 0.15) is 5.56 Å². The van der Waals surface area contributed by atoms with Gasteiger partial charge in [0.05, 0.1) is 20.0 Å². The monoisotopic (exact) mass is 464 g/mol. The molecule has 1 aromatic heterocycles. The molecule has 0 spiro atoms. The van der Waals surface area contributed by atoms with Gasteiger partial charge in [-0.3, -0.25) is 9.36 Å². The van der Waals surface area contributed by atoms with E-state index in [1.807, 2.05) is 24.3 Å². The van der Waals surface area contributed by atoms with Gasteiger partial charge in [0.15, 0.2) is 16.7 Å². The summed E-state index contributed by atoms with van der Waals surface area (Å²) in [6.45, 7) is -2.61. The molecule has 1 heterocycles. The standard InChI is InChI=1S/C21H22F2N4O4S/c1-29-16-6-4-15(5-7-16)27-13-25-26-21(27)32-12-19(28)24-10-9-14-3-8-17(30-2)18(11-14)31-20(22)23/h3-8,11,13,20H,9-10,12H2,1-2H3,(H,24,28). The second-order valence-corrected chi connectivity index (χ2v) is 7.38. The molecule has 0 unspecified atom stereocenters. The Kier molecular flexibility index (Phi) is 8.26. The van der Waals surface area contributed by atoms with Crippen LogP contribution in [-0.4, -0.2) is 53.8 Å². The highest BCUT2D eigenvalue weighted by molar-refractivity contribution is 7.99. The number of ether oxygens (including phenoxy) is 3. The van der Waals surface area contributed by atoms with Crippen LogP contribution in [-0.2, 0) is 11.2 Å². The largest absolute Gasteiger partial charge is 0.497 e.